The average Bonchev–Trinajstić information content (AvgIpc) is 3.55. The van der Waals surface area contributed by atoms with Gasteiger partial charge in [0.1, 0.15) is 19.5 Å². The molecule has 0 aliphatic heterocycles. The Hall–Kier alpha value is -3.10. The molecule has 0 aromatic heterocycles. The third kappa shape index (κ3) is 4.85. The van der Waals surface area contributed by atoms with Crippen LogP contribution in [0.5, 0.6) is 5.75 Å². The van der Waals surface area contributed by atoms with Gasteiger partial charge in [0.25, 0.3) is 0 Å². The van der Waals surface area contributed by atoms with E-state index in [1.165, 1.54) is 7.05 Å². The Morgan fingerprint density at radius 2 is 1.93 bits per heavy atom. The first-order chi connectivity index (χ1) is 13.9. The highest BCUT2D eigenvalue weighted by Crippen LogP contribution is 2.34. The minimum absolute atomic E-state index is 0.257. The number of carbonyl (C=O) groups is 1. The van der Waals surface area contributed by atoms with Crippen LogP contribution in [0.1, 0.15) is 29.5 Å². The molecule has 1 aliphatic rings. The van der Waals surface area contributed by atoms with Crippen molar-refractivity contribution in [3.63, 3.8) is 0 Å². The first-order valence-electron chi connectivity index (χ1n) is 9.42. The van der Waals surface area contributed by atoms with Crippen molar-refractivity contribution in [3.8, 4) is 5.75 Å². The highest BCUT2D eigenvalue weighted by molar-refractivity contribution is 6.03. The minimum Gasteiger partial charge on any atom is -0.489 e. The largest absolute Gasteiger partial charge is 0.489 e. The maximum atomic E-state index is 12.1. The number of nitrogens with zero attached hydrogens (tertiary/aromatic N) is 3. The van der Waals surface area contributed by atoms with Crippen LogP contribution in [0.15, 0.2) is 47.6 Å². The first-order valence-corrected chi connectivity index (χ1v) is 9.42. The predicted molar refractivity (Wildman–Crippen MR) is 112 cm³/mol. The van der Waals surface area contributed by atoms with Gasteiger partial charge in [-0.05, 0) is 49.6 Å². The highest BCUT2D eigenvalue weighted by Gasteiger charge is 2.29. The fourth-order valence-electron chi connectivity index (χ4n) is 3.09. The molecule has 0 bridgehead atoms. The van der Waals surface area contributed by atoms with E-state index in [-0.39, 0.29) is 6.61 Å². The molecule has 2 amide bonds. The number of carbonyl (C=O) groups excluding carboxylic acids is 1. The maximum absolute atomic E-state index is 12.1. The quantitative estimate of drug-likeness (QED) is 0.323. The van der Waals surface area contributed by atoms with E-state index >= 15 is 0 Å². The van der Waals surface area contributed by atoms with Crippen LogP contribution in [-0.4, -0.2) is 30.9 Å². The summed E-state index contributed by atoms with van der Waals surface area (Å²) in [6.07, 6.45) is 2.28. The molecular formula is C21H27N5O3. The van der Waals surface area contributed by atoms with Crippen molar-refractivity contribution in [2.24, 2.45) is 22.8 Å². The van der Waals surface area contributed by atoms with Gasteiger partial charge < -0.3 is 9.57 Å². The van der Waals surface area contributed by atoms with E-state index in [2.05, 4.69) is 11.2 Å². The molecule has 0 radical (unpaired) electrons. The zero-order valence-corrected chi connectivity index (χ0v) is 17.0. The molecule has 0 heterocycles. The number of rotatable bonds is 7. The fraction of sp³-hybridized carbons (Fsp3) is 0.333. The molecule has 0 unspecified atom stereocenters. The second kappa shape index (κ2) is 8.93. The molecule has 2 aromatic carbocycles. The van der Waals surface area contributed by atoms with Crippen LogP contribution >= 0.6 is 0 Å². The van der Waals surface area contributed by atoms with E-state index in [0.29, 0.717) is 11.6 Å². The van der Waals surface area contributed by atoms with Crippen LogP contribution in [-0.2, 0) is 11.4 Å². The smallest absolute Gasteiger partial charge is 0.352 e. The van der Waals surface area contributed by atoms with Crippen LogP contribution < -0.4 is 21.4 Å². The summed E-state index contributed by atoms with van der Waals surface area (Å²) in [5.74, 6) is 12.7. The number of urea groups is 1. The van der Waals surface area contributed by atoms with Crippen molar-refractivity contribution in [1.29, 1.82) is 0 Å². The van der Waals surface area contributed by atoms with Gasteiger partial charge in [0, 0.05) is 24.1 Å². The molecule has 154 valence electrons. The summed E-state index contributed by atoms with van der Waals surface area (Å²) in [5, 5.41) is 6.13. The molecule has 8 nitrogen and oxygen atoms in total. The van der Waals surface area contributed by atoms with Gasteiger partial charge in [0.15, 0.2) is 0 Å². The Morgan fingerprint density at radius 1 is 1.21 bits per heavy atom. The van der Waals surface area contributed by atoms with E-state index in [4.69, 9.17) is 21.3 Å². The number of hydrogen-bond donors (Lipinski definition) is 2. The topological polar surface area (TPSA) is 106 Å². The number of aryl methyl sites for hydroxylation is 1. The van der Waals surface area contributed by atoms with Gasteiger partial charge in [-0.2, -0.15) is 0 Å². The predicted octanol–water partition coefficient (Wildman–Crippen LogP) is 2.94. The standard InChI is InChI=1S/C21H27N5O3/c1-14-12-16(20(24-28-3)15-8-9-15)10-11-19(14)29-13-17-6-4-5-7-18(17)26(23)21(27)25(2)22/h4-7,10-12,15H,8-9,13,22-23H2,1-3H3. The number of oxime groups is 1. The van der Waals surface area contributed by atoms with E-state index in [1.54, 1.807) is 19.2 Å². The van der Waals surface area contributed by atoms with Crippen LogP contribution in [0.3, 0.4) is 0 Å². The number of amides is 2. The van der Waals surface area contributed by atoms with Crippen LogP contribution in [0.4, 0.5) is 10.5 Å². The van der Waals surface area contributed by atoms with Crippen LogP contribution in [0.25, 0.3) is 0 Å². The SMILES string of the molecule is CON=C(c1ccc(OCc2ccccc2N(N)C(=O)N(C)N)c(C)c1)C1CC1. The molecule has 1 saturated carbocycles. The third-order valence-electron chi connectivity index (χ3n) is 4.77. The lowest BCUT2D eigenvalue weighted by atomic mass is 10.0. The second-order valence-electron chi connectivity index (χ2n) is 7.09. The molecular weight excluding hydrogens is 370 g/mol. The lowest BCUT2D eigenvalue weighted by Gasteiger charge is -2.23. The fourth-order valence-corrected chi connectivity index (χ4v) is 3.09. The lowest BCUT2D eigenvalue weighted by molar-refractivity contribution is 0.212. The van der Waals surface area contributed by atoms with Crippen molar-refractivity contribution in [1.82, 2.24) is 5.01 Å². The summed E-state index contributed by atoms with van der Waals surface area (Å²) in [6.45, 7) is 2.25. The Kier molecular flexibility index (Phi) is 6.36. The number of hydrogen-bond acceptors (Lipinski definition) is 6. The van der Waals surface area contributed by atoms with Gasteiger partial charge >= 0.3 is 6.03 Å². The molecule has 1 fully saturated rings. The monoisotopic (exact) mass is 397 g/mol. The minimum atomic E-state index is -0.525. The van der Waals surface area contributed by atoms with Gasteiger partial charge in [-0.25, -0.2) is 21.5 Å². The third-order valence-corrected chi connectivity index (χ3v) is 4.77. The highest BCUT2D eigenvalue weighted by atomic mass is 16.6. The molecule has 3 rings (SSSR count). The molecule has 2 aromatic rings. The molecule has 4 N–H and O–H groups in total. The molecule has 1 aliphatic carbocycles. The van der Waals surface area contributed by atoms with Gasteiger partial charge in [-0.1, -0.05) is 23.4 Å². The van der Waals surface area contributed by atoms with Crippen LogP contribution in [0, 0.1) is 12.8 Å². The number of hydrazine groups is 2. The van der Waals surface area contributed by atoms with Crippen molar-refractivity contribution in [3.05, 3.63) is 59.2 Å². The molecule has 0 saturated heterocycles. The van der Waals surface area contributed by atoms with E-state index in [9.17, 15) is 4.79 Å². The summed E-state index contributed by atoms with van der Waals surface area (Å²) in [5.41, 5.74) is 4.33. The summed E-state index contributed by atoms with van der Waals surface area (Å²) in [7, 11) is 3.01. The van der Waals surface area contributed by atoms with Gasteiger partial charge in [-0.3, -0.25) is 5.01 Å². The molecule has 29 heavy (non-hydrogen) atoms. The van der Waals surface area contributed by atoms with Crippen LogP contribution in [0.2, 0.25) is 0 Å². The Balaban J connectivity index is 1.75. The molecule has 0 atom stereocenters. The van der Waals surface area contributed by atoms with Crippen molar-refractivity contribution < 1.29 is 14.4 Å². The summed E-state index contributed by atoms with van der Waals surface area (Å²) >= 11 is 0. The number of benzene rings is 2. The second-order valence-corrected chi connectivity index (χ2v) is 7.09. The summed E-state index contributed by atoms with van der Waals surface area (Å²) in [6, 6.07) is 12.7. The maximum Gasteiger partial charge on any atom is 0.352 e. The van der Waals surface area contributed by atoms with E-state index < -0.39 is 6.03 Å². The van der Waals surface area contributed by atoms with Crippen molar-refractivity contribution >= 4 is 17.4 Å². The van der Waals surface area contributed by atoms with Gasteiger partial charge in [0.05, 0.1) is 11.4 Å². The number of ether oxygens (including phenoxy) is 1. The summed E-state index contributed by atoms with van der Waals surface area (Å²) in [4.78, 5) is 17.1. The number of anilines is 1. The lowest BCUT2D eigenvalue weighted by Crippen LogP contribution is -2.49. The van der Waals surface area contributed by atoms with Gasteiger partial charge in [0.2, 0.25) is 0 Å². The molecule has 0 spiro atoms. The Morgan fingerprint density at radius 3 is 2.55 bits per heavy atom. The number of para-hydroxylation sites is 1. The van der Waals surface area contributed by atoms with E-state index in [0.717, 1.165) is 51.0 Å². The van der Waals surface area contributed by atoms with E-state index in [1.807, 2.05) is 31.2 Å². The van der Waals surface area contributed by atoms with Crippen molar-refractivity contribution in [2.45, 2.75) is 26.4 Å². The average molecular weight is 397 g/mol. The van der Waals surface area contributed by atoms with Crippen molar-refractivity contribution in [2.75, 3.05) is 19.2 Å². The Bertz CT molecular complexity index is 909. The Labute approximate surface area is 170 Å². The summed E-state index contributed by atoms with van der Waals surface area (Å²) < 4.78 is 6.02. The zero-order valence-electron chi connectivity index (χ0n) is 17.0. The van der Waals surface area contributed by atoms with Gasteiger partial charge in [-0.15, -0.1) is 0 Å². The number of nitrogens with two attached hydrogens (primary N) is 2. The normalized spacial score (nSPS) is 13.8. The zero-order chi connectivity index (χ0) is 21.0. The molecule has 8 heteroatoms. The first kappa shape index (κ1) is 20.6.